The molecule has 0 aliphatic heterocycles. The van der Waals surface area contributed by atoms with E-state index < -0.39 is 24.1 Å². The van der Waals surface area contributed by atoms with Gasteiger partial charge in [-0.3, -0.25) is 4.79 Å². The highest BCUT2D eigenvalue weighted by Crippen LogP contribution is 2.15. The Balaban J connectivity index is 4.39. The quantitative estimate of drug-likeness (QED) is 0.581. The molecular formula is C10H16F3NO3. The van der Waals surface area contributed by atoms with Crippen molar-refractivity contribution in [1.82, 2.24) is 5.32 Å². The predicted molar refractivity (Wildman–Crippen MR) is 54.1 cm³/mol. The van der Waals surface area contributed by atoms with E-state index >= 15 is 0 Å². The number of alkyl halides is 3. The van der Waals surface area contributed by atoms with Gasteiger partial charge < -0.3 is 10.1 Å². The van der Waals surface area contributed by atoms with Crippen molar-refractivity contribution in [2.24, 2.45) is 0 Å². The third kappa shape index (κ3) is 6.13. The average Bonchev–Trinajstić information content (AvgIpc) is 2.25. The lowest BCUT2D eigenvalue weighted by Crippen LogP contribution is -2.47. The Labute approximate surface area is 97.5 Å². The number of rotatable bonds is 6. The van der Waals surface area contributed by atoms with Crippen LogP contribution in [0.2, 0.25) is 0 Å². The molecule has 7 heteroatoms. The lowest BCUT2D eigenvalue weighted by atomic mass is 10.1. The second-order valence-corrected chi connectivity index (χ2v) is 3.54. The predicted octanol–water partition coefficient (Wildman–Crippen LogP) is 1.79. The van der Waals surface area contributed by atoms with E-state index in [1.165, 1.54) is 0 Å². The number of halogens is 3. The monoisotopic (exact) mass is 255 g/mol. The maximum Gasteiger partial charge on any atom is 0.471 e. The summed E-state index contributed by atoms with van der Waals surface area (Å²) in [6.45, 7) is 1.92. The van der Waals surface area contributed by atoms with Crippen LogP contribution in [0.25, 0.3) is 0 Å². The van der Waals surface area contributed by atoms with Gasteiger partial charge in [-0.15, -0.1) is 0 Å². The van der Waals surface area contributed by atoms with Gasteiger partial charge in [-0.05, 0) is 6.42 Å². The number of methoxy groups -OCH3 is 1. The van der Waals surface area contributed by atoms with E-state index in [2.05, 4.69) is 4.74 Å². The molecular weight excluding hydrogens is 239 g/mol. The van der Waals surface area contributed by atoms with Crippen molar-refractivity contribution in [1.29, 1.82) is 0 Å². The van der Waals surface area contributed by atoms with Crippen molar-refractivity contribution in [3.05, 3.63) is 0 Å². The number of amides is 1. The Morgan fingerprint density at radius 3 is 2.29 bits per heavy atom. The maximum absolute atomic E-state index is 12.0. The molecule has 1 unspecified atom stereocenters. The molecule has 0 radical (unpaired) electrons. The molecule has 0 heterocycles. The van der Waals surface area contributed by atoms with Crippen LogP contribution >= 0.6 is 0 Å². The van der Waals surface area contributed by atoms with Crippen LogP contribution in [-0.4, -0.2) is 31.2 Å². The minimum atomic E-state index is -4.99. The van der Waals surface area contributed by atoms with E-state index in [1.807, 2.05) is 6.92 Å². The average molecular weight is 255 g/mol. The van der Waals surface area contributed by atoms with E-state index in [4.69, 9.17) is 0 Å². The van der Waals surface area contributed by atoms with Crippen LogP contribution < -0.4 is 5.32 Å². The number of esters is 1. The lowest BCUT2D eigenvalue weighted by molar-refractivity contribution is -0.175. The van der Waals surface area contributed by atoms with Crippen LogP contribution in [0.3, 0.4) is 0 Å². The summed E-state index contributed by atoms with van der Waals surface area (Å²) >= 11 is 0. The fourth-order valence-electron chi connectivity index (χ4n) is 1.23. The highest BCUT2D eigenvalue weighted by atomic mass is 19.4. The summed E-state index contributed by atoms with van der Waals surface area (Å²) in [5, 5.41) is 1.63. The molecule has 0 aliphatic carbocycles. The van der Waals surface area contributed by atoms with E-state index in [-0.39, 0.29) is 6.42 Å². The standard InChI is InChI=1S/C10H16F3NO3/c1-3-4-5-6-7(8(15)17-2)14-9(16)10(11,12)13/h7H,3-6H2,1-2H3,(H,14,16). The maximum atomic E-state index is 12.0. The Hall–Kier alpha value is -1.27. The molecule has 0 bridgehead atoms. The molecule has 0 aromatic carbocycles. The van der Waals surface area contributed by atoms with Crippen molar-refractivity contribution in [2.45, 2.75) is 44.8 Å². The summed E-state index contributed by atoms with van der Waals surface area (Å²) in [6, 6.07) is -1.24. The molecule has 0 aliphatic rings. The van der Waals surface area contributed by atoms with Gasteiger partial charge in [0.1, 0.15) is 6.04 Å². The number of unbranched alkanes of at least 4 members (excludes halogenated alkanes) is 2. The van der Waals surface area contributed by atoms with Gasteiger partial charge in [-0.2, -0.15) is 13.2 Å². The summed E-state index contributed by atoms with van der Waals surface area (Å²) in [5.74, 6) is -2.98. The molecule has 1 amide bonds. The van der Waals surface area contributed by atoms with E-state index in [9.17, 15) is 22.8 Å². The zero-order valence-electron chi connectivity index (χ0n) is 9.76. The fourth-order valence-corrected chi connectivity index (χ4v) is 1.23. The molecule has 0 aromatic rings. The molecule has 0 saturated carbocycles. The normalized spacial score (nSPS) is 13.0. The molecule has 1 atom stereocenters. The first-order valence-electron chi connectivity index (χ1n) is 5.28. The van der Waals surface area contributed by atoms with Crippen LogP contribution in [0, 0.1) is 0 Å². The summed E-state index contributed by atoms with van der Waals surface area (Å²) in [4.78, 5) is 21.8. The summed E-state index contributed by atoms with van der Waals surface area (Å²) in [6.07, 6.45) is -2.66. The lowest BCUT2D eigenvalue weighted by Gasteiger charge is -2.17. The van der Waals surface area contributed by atoms with Crippen molar-refractivity contribution >= 4 is 11.9 Å². The first kappa shape index (κ1) is 15.7. The first-order valence-corrected chi connectivity index (χ1v) is 5.28. The Kier molecular flexibility index (Phi) is 6.60. The third-order valence-corrected chi connectivity index (χ3v) is 2.14. The van der Waals surface area contributed by atoms with Crippen molar-refractivity contribution < 1.29 is 27.5 Å². The number of nitrogens with one attached hydrogen (secondary N) is 1. The molecule has 0 aromatic heterocycles. The number of ether oxygens (including phenoxy) is 1. The second kappa shape index (κ2) is 7.13. The fraction of sp³-hybridized carbons (Fsp3) is 0.800. The Morgan fingerprint density at radius 1 is 1.29 bits per heavy atom. The van der Waals surface area contributed by atoms with Crippen LogP contribution in [0.15, 0.2) is 0 Å². The first-order chi connectivity index (χ1) is 7.82. The molecule has 1 N–H and O–H groups in total. The number of hydrogen-bond donors (Lipinski definition) is 1. The van der Waals surface area contributed by atoms with Crippen molar-refractivity contribution in [3.8, 4) is 0 Å². The minimum Gasteiger partial charge on any atom is -0.467 e. The molecule has 0 fully saturated rings. The highest BCUT2D eigenvalue weighted by Gasteiger charge is 2.40. The van der Waals surface area contributed by atoms with Crippen LogP contribution in [0.1, 0.15) is 32.6 Å². The Bertz CT molecular complexity index is 266. The smallest absolute Gasteiger partial charge is 0.467 e. The van der Waals surface area contributed by atoms with Crippen LogP contribution in [-0.2, 0) is 14.3 Å². The van der Waals surface area contributed by atoms with Crippen molar-refractivity contribution in [3.63, 3.8) is 0 Å². The zero-order valence-corrected chi connectivity index (χ0v) is 9.76. The van der Waals surface area contributed by atoms with Crippen molar-refractivity contribution in [2.75, 3.05) is 7.11 Å². The number of carbonyl (C=O) groups is 2. The van der Waals surface area contributed by atoms with E-state index in [0.29, 0.717) is 6.42 Å². The van der Waals surface area contributed by atoms with Gasteiger partial charge >= 0.3 is 18.1 Å². The molecule has 17 heavy (non-hydrogen) atoms. The highest BCUT2D eigenvalue weighted by molar-refractivity contribution is 5.87. The zero-order chi connectivity index (χ0) is 13.5. The molecule has 100 valence electrons. The van der Waals surface area contributed by atoms with Gasteiger partial charge in [0, 0.05) is 0 Å². The SMILES string of the molecule is CCCCCC(NC(=O)C(F)(F)F)C(=O)OC. The van der Waals surface area contributed by atoms with Gasteiger partial charge in [0.25, 0.3) is 0 Å². The molecule has 0 saturated heterocycles. The third-order valence-electron chi connectivity index (χ3n) is 2.14. The summed E-state index contributed by atoms with van der Waals surface area (Å²) in [5.41, 5.74) is 0. The minimum absolute atomic E-state index is 0.141. The van der Waals surface area contributed by atoms with Gasteiger partial charge in [0.2, 0.25) is 0 Å². The van der Waals surface area contributed by atoms with Gasteiger partial charge in [-0.25, -0.2) is 4.79 Å². The van der Waals surface area contributed by atoms with E-state index in [1.54, 1.807) is 5.32 Å². The van der Waals surface area contributed by atoms with Gasteiger partial charge in [0.05, 0.1) is 7.11 Å². The van der Waals surface area contributed by atoms with Crippen LogP contribution in [0.4, 0.5) is 13.2 Å². The molecule has 0 spiro atoms. The summed E-state index contributed by atoms with van der Waals surface area (Å²) in [7, 11) is 1.06. The summed E-state index contributed by atoms with van der Waals surface area (Å²) < 4.78 is 40.3. The number of hydrogen-bond acceptors (Lipinski definition) is 3. The molecule has 0 rings (SSSR count). The molecule has 4 nitrogen and oxygen atoms in total. The number of carbonyl (C=O) groups excluding carboxylic acids is 2. The van der Waals surface area contributed by atoms with Crippen LogP contribution in [0.5, 0.6) is 0 Å². The second-order valence-electron chi connectivity index (χ2n) is 3.54. The largest absolute Gasteiger partial charge is 0.471 e. The topological polar surface area (TPSA) is 55.4 Å². The van der Waals surface area contributed by atoms with E-state index in [0.717, 1.165) is 20.0 Å². The van der Waals surface area contributed by atoms with Gasteiger partial charge in [0.15, 0.2) is 0 Å². The Morgan fingerprint density at radius 2 is 1.88 bits per heavy atom. The van der Waals surface area contributed by atoms with Gasteiger partial charge in [-0.1, -0.05) is 26.2 Å².